The maximum absolute atomic E-state index is 13.8. The zero-order valence-corrected chi connectivity index (χ0v) is 24.6. The van der Waals surface area contributed by atoms with Crippen LogP contribution >= 0.6 is 15.9 Å². The molecule has 0 atom stereocenters. The lowest BCUT2D eigenvalue weighted by molar-refractivity contribution is 0.271. The zero-order chi connectivity index (χ0) is 27.0. The summed E-state index contributed by atoms with van der Waals surface area (Å²) in [6.45, 7) is 14.4. The minimum atomic E-state index is -1.86. The maximum atomic E-state index is 13.8. The van der Waals surface area contributed by atoms with Crippen LogP contribution in [-0.2, 0) is 24.2 Å². The molecule has 0 amide bonds. The second-order valence-corrected chi connectivity index (χ2v) is 16.1. The number of anilines is 1. The number of aryl methyl sites for hydroxylation is 1. The van der Waals surface area contributed by atoms with Gasteiger partial charge in [0.1, 0.15) is 6.61 Å². The molecule has 196 valence electrons. The number of aromatic nitrogens is 5. The van der Waals surface area contributed by atoms with Gasteiger partial charge >= 0.3 is 6.08 Å². The van der Waals surface area contributed by atoms with Crippen molar-refractivity contribution in [3.63, 3.8) is 0 Å². The summed E-state index contributed by atoms with van der Waals surface area (Å²) in [5, 5.41) is 0.145. The number of ether oxygens (including phenoxy) is 1. The first-order chi connectivity index (χ1) is 17.3. The van der Waals surface area contributed by atoms with Crippen LogP contribution in [0.15, 0.2) is 41.1 Å². The Morgan fingerprint density at radius 2 is 1.73 bits per heavy atom. The fourth-order valence-electron chi connectivity index (χ4n) is 3.61. The van der Waals surface area contributed by atoms with Gasteiger partial charge in [-0.05, 0) is 63.7 Å². The molecule has 0 aliphatic heterocycles. The fourth-order valence-corrected chi connectivity index (χ4v) is 5.04. The van der Waals surface area contributed by atoms with E-state index < -0.39 is 14.4 Å². The highest BCUT2D eigenvalue weighted by molar-refractivity contribution is 9.10. The monoisotopic (exact) mass is 586 g/mol. The van der Waals surface area contributed by atoms with Gasteiger partial charge in [0, 0.05) is 11.8 Å². The van der Waals surface area contributed by atoms with Gasteiger partial charge in [-0.1, -0.05) is 45.0 Å². The number of pyridine rings is 1. The lowest BCUT2D eigenvalue weighted by Crippen LogP contribution is -2.40. The molecule has 37 heavy (non-hydrogen) atoms. The lowest BCUT2D eigenvalue weighted by atomic mass is 10.1. The average Bonchev–Trinajstić information content (AvgIpc) is 3.11. The molecule has 4 rings (SSSR count). The predicted octanol–water partition coefficient (Wildman–Crippen LogP) is 6.16. The molecule has 2 N–H and O–H groups in total. The molecule has 8 nitrogen and oxygen atoms in total. The van der Waals surface area contributed by atoms with Crippen LogP contribution in [0.2, 0.25) is 18.1 Å². The van der Waals surface area contributed by atoms with Crippen molar-refractivity contribution in [3.05, 3.63) is 69.6 Å². The number of nitrogens with two attached hydrogens (primary N) is 1. The van der Waals surface area contributed by atoms with Gasteiger partial charge in [0.2, 0.25) is 5.88 Å². The lowest BCUT2D eigenvalue weighted by Gasteiger charge is -2.36. The first-order valence-electron chi connectivity index (χ1n) is 12.0. The number of nitrogens with zero attached hydrogens (tertiary/aromatic N) is 5. The van der Waals surface area contributed by atoms with E-state index in [0.717, 1.165) is 22.4 Å². The first-order valence-corrected chi connectivity index (χ1v) is 15.7. The Morgan fingerprint density at radius 3 is 2.46 bits per heavy atom. The third-order valence-electron chi connectivity index (χ3n) is 6.66. The molecule has 1 aromatic carbocycles. The van der Waals surface area contributed by atoms with Gasteiger partial charge in [-0.25, -0.2) is 9.97 Å². The number of hydrogen-bond acceptors (Lipinski definition) is 7. The van der Waals surface area contributed by atoms with Crippen LogP contribution < -0.4 is 10.5 Å². The number of imidazole rings is 1. The molecule has 4 aromatic rings. The molecular formula is C26H32BrFN6O2Si. The van der Waals surface area contributed by atoms with Gasteiger partial charge in [-0.2, -0.15) is 14.4 Å². The summed E-state index contributed by atoms with van der Waals surface area (Å²) < 4.78 is 28.5. The number of halogens is 2. The van der Waals surface area contributed by atoms with Crippen LogP contribution in [-0.4, -0.2) is 32.8 Å². The van der Waals surface area contributed by atoms with Crippen molar-refractivity contribution in [1.82, 2.24) is 24.5 Å². The van der Waals surface area contributed by atoms with Crippen molar-refractivity contribution in [3.8, 4) is 5.88 Å². The Kier molecular flexibility index (Phi) is 7.68. The van der Waals surface area contributed by atoms with Gasteiger partial charge in [0.25, 0.3) is 0 Å². The normalized spacial score (nSPS) is 12.3. The maximum Gasteiger partial charge on any atom is 0.312 e. The second-order valence-electron chi connectivity index (χ2n) is 10.6. The average molecular weight is 588 g/mol. The van der Waals surface area contributed by atoms with E-state index in [4.69, 9.17) is 14.9 Å². The summed E-state index contributed by atoms with van der Waals surface area (Å²) in [5.74, 6) is 0.564. The Bertz CT molecular complexity index is 1440. The molecule has 0 bridgehead atoms. The highest BCUT2D eigenvalue weighted by atomic mass is 79.9. The third-order valence-corrected chi connectivity index (χ3v) is 11.7. The molecule has 0 spiro atoms. The minimum absolute atomic E-state index is 0.00355. The van der Waals surface area contributed by atoms with Crippen LogP contribution in [0.3, 0.4) is 0 Å². The smallest absolute Gasteiger partial charge is 0.312 e. The summed E-state index contributed by atoms with van der Waals surface area (Å²) in [6.07, 6.45) is -0.888. The Balaban J connectivity index is 1.46. The summed E-state index contributed by atoms with van der Waals surface area (Å²) in [7, 11) is -1.86. The van der Waals surface area contributed by atoms with E-state index >= 15 is 0 Å². The SMILES string of the molecule is Cc1cc(CO[Si](C)(C)C(C)(C)C)cc(OCc2cccc(Cn3c(Br)nc4c(N)nc(F)nc43)c2)n1. The van der Waals surface area contributed by atoms with Crippen molar-refractivity contribution < 1.29 is 13.6 Å². The summed E-state index contributed by atoms with van der Waals surface area (Å²) >= 11 is 3.42. The number of benzene rings is 1. The molecule has 0 saturated heterocycles. The van der Waals surface area contributed by atoms with Gasteiger partial charge in [-0.15, -0.1) is 0 Å². The quantitative estimate of drug-likeness (QED) is 0.150. The van der Waals surface area contributed by atoms with Gasteiger partial charge in [-0.3, -0.25) is 4.57 Å². The van der Waals surface area contributed by atoms with Crippen LogP contribution in [0.5, 0.6) is 5.88 Å². The third kappa shape index (κ3) is 6.34. The number of rotatable bonds is 8. The van der Waals surface area contributed by atoms with E-state index in [2.05, 4.69) is 69.7 Å². The molecule has 0 radical (unpaired) electrons. The Labute approximate surface area is 225 Å². The zero-order valence-electron chi connectivity index (χ0n) is 22.0. The van der Waals surface area contributed by atoms with Gasteiger partial charge in [0.15, 0.2) is 30.0 Å². The molecule has 0 unspecified atom stereocenters. The molecular weight excluding hydrogens is 555 g/mol. The van der Waals surface area contributed by atoms with E-state index in [1.54, 1.807) is 4.57 Å². The first kappa shape index (κ1) is 27.1. The van der Waals surface area contributed by atoms with Crippen molar-refractivity contribution >= 4 is 41.2 Å². The molecule has 0 saturated carbocycles. The molecule has 0 aliphatic carbocycles. The van der Waals surface area contributed by atoms with Gasteiger partial charge in [0.05, 0.1) is 13.2 Å². The standard InChI is InChI=1S/C26H32BrFN6O2Si/c1-16-10-19(15-36-37(5,6)26(2,3)4)12-20(30-16)35-14-18-9-7-8-17(11-18)13-34-23-21(31-24(34)27)22(29)32-25(28)33-23/h7-12H,13-15H2,1-6H3,(H2,29,32,33). The predicted molar refractivity (Wildman–Crippen MR) is 148 cm³/mol. The largest absolute Gasteiger partial charge is 0.473 e. The van der Waals surface area contributed by atoms with E-state index in [1.807, 2.05) is 43.3 Å². The van der Waals surface area contributed by atoms with Crippen LogP contribution in [0.4, 0.5) is 10.2 Å². The molecule has 3 heterocycles. The second kappa shape index (κ2) is 10.5. The van der Waals surface area contributed by atoms with Crippen LogP contribution in [0.1, 0.15) is 43.2 Å². The molecule has 3 aromatic heterocycles. The van der Waals surface area contributed by atoms with Crippen LogP contribution in [0.25, 0.3) is 11.2 Å². The Morgan fingerprint density at radius 1 is 1.00 bits per heavy atom. The van der Waals surface area contributed by atoms with E-state index in [1.165, 1.54) is 0 Å². The summed E-state index contributed by atoms with van der Waals surface area (Å²) in [5.41, 5.74) is 10.4. The van der Waals surface area contributed by atoms with Gasteiger partial charge < -0.3 is 14.9 Å². The van der Waals surface area contributed by atoms with Crippen molar-refractivity contribution in [2.45, 2.75) is 65.6 Å². The van der Waals surface area contributed by atoms with Crippen molar-refractivity contribution in [2.24, 2.45) is 0 Å². The molecule has 0 fully saturated rings. The summed E-state index contributed by atoms with van der Waals surface area (Å²) in [4.78, 5) is 16.3. The molecule has 11 heteroatoms. The van der Waals surface area contributed by atoms with E-state index in [0.29, 0.717) is 41.5 Å². The fraction of sp³-hybridized carbons (Fsp3) is 0.385. The highest BCUT2D eigenvalue weighted by Gasteiger charge is 2.37. The highest BCUT2D eigenvalue weighted by Crippen LogP contribution is 2.37. The topological polar surface area (TPSA) is 101 Å². The van der Waals surface area contributed by atoms with E-state index in [-0.39, 0.29) is 10.9 Å². The molecule has 0 aliphatic rings. The number of fused-ring (bicyclic) bond motifs is 1. The number of nitrogen functional groups attached to an aromatic ring is 1. The minimum Gasteiger partial charge on any atom is -0.473 e. The van der Waals surface area contributed by atoms with Crippen molar-refractivity contribution in [1.29, 1.82) is 0 Å². The van der Waals surface area contributed by atoms with E-state index in [9.17, 15) is 4.39 Å². The Hall–Kier alpha value is -2.89. The summed E-state index contributed by atoms with van der Waals surface area (Å²) in [6, 6.07) is 11.9. The van der Waals surface area contributed by atoms with Crippen LogP contribution in [0, 0.1) is 13.0 Å². The van der Waals surface area contributed by atoms with Crippen molar-refractivity contribution in [2.75, 3.05) is 5.73 Å². The number of hydrogen-bond donors (Lipinski definition) is 1.